The maximum atomic E-state index is 13.2. The molecule has 1 saturated heterocycles. The molecule has 0 unspecified atom stereocenters. The number of halogens is 3. The van der Waals surface area contributed by atoms with E-state index in [2.05, 4.69) is 29.9 Å². The number of benzene rings is 1. The highest BCUT2D eigenvalue weighted by molar-refractivity contribution is 7.92. The van der Waals surface area contributed by atoms with Gasteiger partial charge in [0.1, 0.15) is 5.82 Å². The molecular formula is C26H28F3N7O3S. The highest BCUT2D eigenvalue weighted by Gasteiger charge is 2.35. The van der Waals surface area contributed by atoms with Crippen LogP contribution in [0.15, 0.2) is 48.8 Å². The lowest BCUT2D eigenvalue weighted by Gasteiger charge is -2.41. The number of hydrogen-bond acceptors (Lipinski definition) is 8. The highest BCUT2D eigenvalue weighted by Crippen LogP contribution is 2.33. The number of aromatic nitrogens is 3. The second-order valence-electron chi connectivity index (χ2n) is 10.1. The minimum absolute atomic E-state index is 0.0568. The van der Waals surface area contributed by atoms with Crippen LogP contribution in [-0.2, 0) is 29.3 Å². The summed E-state index contributed by atoms with van der Waals surface area (Å²) in [4.78, 5) is 30.1. The molecule has 2 aromatic heterocycles. The first kappa shape index (κ1) is 27.8. The summed E-state index contributed by atoms with van der Waals surface area (Å²) in [6.45, 7) is 3.74. The van der Waals surface area contributed by atoms with E-state index >= 15 is 0 Å². The largest absolute Gasteiger partial charge is 0.416 e. The quantitative estimate of drug-likeness (QED) is 0.453. The molecular weight excluding hydrogens is 547 g/mol. The van der Waals surface area contributed by atoms with Crippen LogP contribution in [0.2, 0.25) is 0 Å². The number of piperidine rings is 1. The molecule has 0 spiro atoms. The fraction of sp³-hybridized carbons (Fsp3) is 0.385. The highest BCUT2D eigenvalue weighted by atomic mass is 32.2. The lowest BCUT2D eigenvalue weighted by atomic mass is 9.96. The molecule has 0 aliphatic carbocycles. The number of sulfonamides is 1. The van der Waals surface area contributed by atoms with Crippen molar-refractivity contribution in [3.63, 3.8) is 0 Å². The van der Waals surface area contributed by atoms with Gasteiger partial charge in [-0.05, 0) is 50.1 Å². The van der Waals surface area contributed by atoms with Gasteiger partial charge in [-0.25, -0.2) is 23.4 Å². The number of amides is 1. The van der Waals surface area contributed by atoms with E-state index in [1.807, 2.05) is 6.92 Å². The summed E-state index contributed by atoms with van der Waals surface area (Å²) in [5.41, 5.74) is 1.64. The topological polar surface area (TPSA) is 120 Å². The molecule has 14 heteroatoms. The maximum absolute atomic E-state index is 13.2. The summed E-state index contributed by atoms with van der Waals surface area (Å²) < 4.78 is 64.5. The predicted molar refractivity (Wildman–Crippen MR) is 142 cm³/mol. The molecule has 1 fully saturated rings. The second kappa shape index (κ2) is 10.7. The average molecular weight is 576 g/mol. The number of likely N-dealkylation sites (tertiary alicyclic amines) is 1. The van der Waals surface area contributed by atoms with Gasteiger partial charge in [0.05, 0.1) is 17.5 Å². The number of anilines is 3. The molecule has 2 atom stereocenters. The Morgan fingerprint density at radius 1 is 1.12 bits per heavy atom. The first-order valence-electron chi connectivity index (χ1n) is 12.6. The Labute approximate surface area is 229 Å². The standard InChI is InChI=1S/C26H28F3N7O3S/c1-16-10-21(7-9-36(16)24(37)17-6-8-30-23(11-17)34-40(2,38)39)35-14-18-13-31-25(33-22(18)15-35)32-20-5-3-4-19(12-20)26(27,28)29/h3-6,8,11-13,16,21H,7,9-10,14-15H2,1-2H3,(H,30,34)(H,31,32,33)/t16-,21+/m1/s1. The van der Waals surface area contributed by atoms with Crippen LogP contribution in [0.3, 0.4) is 0 Å². The molecule has 0 saturated carbocycles. The van der Waals surface area contributed by atoms with Crippen LogP contribution in [0.4, 0.5) is 30.6 Å². The van der Waals surface area contributed by atoms with Gasteiger partial charge in [0, 0.05) is 60.9 Å². The summed E-state index contributed by atoms with van der Waals surface area (Å²) >= 11 is 0. The SMILES string of the molecule is C[C@@H]1C[C@@H](N2Cc3cnc(Nc4cccc(C(F)(F)F)c4)nc3C2)CCN1C(=O)c1ccnc(NS(C)(=O)=O)c1. The third-order valence-electron chi connectivity index (χ3n) is 7.05. The van der Waals surface area contributed by atoms with Crippen molar-refractivity contribution in [2.45, 2.75) is 51.1 Å². The minimum Gasteiger partial charge on any atom is -0.336 e. The van der Waals surface area contributed by atoms with Gasteiger partial charge in [0.15, 0.2) is 0 Å². The lowest BCUT2D eigenvalue weighted by Crippen LogP contribution is -2.50. The van der Waals surface area contributed by atoms with E-state index < -0.39 is 21.8 Å². The Bertz CT molecular complexity index is 1530. The van der Waals surface area contributed by atoms with Crippen molar-refractivity contribution in [2.24, 2.45) is 0 Å². The number of alkyl halides is 3. The minimum atomic E-state index is -4.44. The van der Waals surface area contributed by atoms with Crippen LogP contribution in [0.1, 0.15) is 46.9 Å². The van der Waals surface area contributed by atoms with Crippen LogP contribution in [0.5, 0.6) is 0 Å². The summed E-state index contributed by atoms with van der Waals surface area (Å²) in [7, 11) is -3.52. The average Bonchev–Trinajstić information content (AvgIpc) is 3.31. The normalized spacial score (nSPS) is 19.8. The monoisotopic (exact) mass is 575 g/mol. The summed E-state index contributed by atoms with van der Waals surface area (Å²) in [5, 5.41) is 2.87. The van der Waals surface area contributed by atoms with Crippen molar-refractivity contribution in [3.05, 3.63) is 71.2 Å². The number of hydrogen-bond donors (Lipinski definition) is 2. The van der Waals surface area contributed by atoms with Crippen molar-refractivity contribution < 1.29 is 26.4 Å². The Morgan fingerprint density at radius 2 is 1.93 bits per heavy atom. The van der Waals surface area contributed by atoms with Crippen molar-refractivity contribution in [1.82, 2.24) is 24.8 Å². The summed E-state index contributed by atoms with van der Waals surface area (Å²) in [5.74, 6) is 0.135. The third kappa shape index (κ3) is 6.33. The number of nitrogens with one attached hydrogen (secondary N) is 2. The zero-order valence-corrected chi connectivity index (χ0v) is 22.6. The van der Waals surface area contributed by atoms with E-state index in [-0.39, 0.29) is 35.4 Å². The smallest absolute Gasteiger partial charge is 0.336 e. The van der Waals surface area contributed by atoms with E-state index in [0.717, 1.165) is 42.5 Å². The molecule has 0 bridgehead atoms. The van der Waals surface area contributed by atoms with E-state index in [4.69, 9.17) is 0 Å². The first-order chi connectivity index (χ1) is 18.9. The predicted octanol–water partition coefficient (Wildman–Crippen LogP) is 4.01. The molecule has 4 heterocycles. The second-order valence-corrected chi connectivity index (χ2v) is 11.9. The van der Waals surface area contributed by atoms with Gasteiger partial charge in [-0.15, -0.1) is 0 Å². The van der Waals surface area contributed by atoms with Crippen LogP contribution in [0, 0.1) is 0 Å². The van der Waals surface area contributed by atoms with Crippen LogP contribution >= 0.6 is 0 Å². The molecule has 0 radical (unpaired) electrons. The number of carbonyl (C=O) groups is 1. The molecule has 1 amide bonds. The molecule has 2 aliphatic heterocycles. The number of nitrogens with zero attached hydrogens (tertiary/aromatic N) is 5. The Balaban J connectivity index is 1.21. The van der Waals surface area contributed by atoms with E-state index in [0.29, 0.717) is 25.2 Å². The zero-order chi connectivity index (χ0) is 28.7. The Kier molecular flexibility index (Phi) is 7.40. The fourth-order valence-corrected chi connectivity index (χ4v) is 5.65. The molecule has 5 rings (SSSR count). The van der Waals surface area contributed by atoms with Gasteiger partial charge < -0.3 is 10.2 Å². The van der Waals surface area contributed by atoms with E-state index in [1.165, 1.54) is 24.4 Å². The molecule has 1 aromatic carbocycles. The molecule has 3 aromatic rings. The van der Waals surface area contributed by atoms with Gasteiger partial charge in [0.25, 0.3) is 5.91 Å². The van der Waals surface area contributed by atoms with Crippen LogP contribution in [-0.4, -0.2) is 64.0 Å². The Morgan fingerprint density at radius 3 is 2.65 bits per heavy atom. The third-order valence-corrected chi connectivity index (χ3v) is 7.63. The van der Waals surface area contributed by atoms with Crippen LogP contribution in [0.25, 0.3) is 0 Å². The maximum Gasteiger partial charge on any atom is 0.416 e. The fourth-order valence-electron chi connectivity index (χ4n) is 5.15. The zero-order valence-electron chi connectivity index (χ0n) is 21.8. The van der Waals surface area contributed by atoms with Gasteiger partial charge in [-0.2, -0.15) is 13.2 Å². The van der Waals surface area contributed by atoms with Gasteiger partial charge >= 0.3 is 6.18 Å². The van der Waals surface area contributed by atoms with Gasteiger partial charge in [-0.1, -0.05) is 6.07 Å². The van der Waals surface area contributed by atoms with Crippen molar-refractivity contribution in [2.75, 3.05) is 22.8 Å². The molecule has 2 aliphatic rings. The number of rotatable bonds is 6. The lowest BCUT2D eigenvalue weighted by molar-refractivity contribution is -0.137. The van der Waals surface area contributed by atoms with E-state index in [9.17, 15) is 26.4 Å². The molecule has 2 N–H and O–H groups in total. The molecule has 10 nitrogen and oxygen atoms in total. The van der Waals surface area contributed by atoms with Gasteiger partial charge in [0.2, 0.25) is 16.0 Å². The van der Waals surface area contributed by atoms with Crippen molar-refractivity contribution in [1.29, 1.82) is 0 Å². The van der Waals surface area contributed by atoms with Crippen molar-refractivity contribution in [3.8, 4) is 0 Å². The van der Waals surface area contributed by atoms with Crippen molar-refractivity contribution >= 4 is 33.4 Å². The molecule has 212 valence electrons. The number of fused-ring (bicyclic) bond motifs is 1. The number of pyridine rings is 1. The van der Waals surface area contributed by atoms with Gasteiger partial charge in [-0.3, -0.25) is 14.4 Å². The summed E-state index contributed by atoms with van der Waals surface area (Å²) in [6.07, 6.45) is 1.16. The van der Waals surface area contributed by atoms with E-state index in [1.54, 1.807) is 17.2 Å². The number of carbonyl (C=O) groups excluding carboxylic acids is 1. The summed E-state index contributed by atoms with van der Waals surface area (Å²) in [6, 6.07) is 8.04. The molecule has 40 heavy (non-hydrogen) atoms. The Hall–Kier alpha value is -3.78. The first-order valence-corrected chi connectivity index (χ1v) is 14.5. The van der Waals surface area contributed by atoms with Crippen LogP contribution < -0.4 is 10.0 Å².